The third kappa shape index (κ3) is 1.55. The van der Waals surface area contributed by atoms with Crippen LogP contribution in [0, 0.1) is 0 Å². The first-order chi connectivity index (χ1) is 6.76. The van der Waals surface area contributed by atoms with Crippen molar-refractivity contribution < 1.29 is 14.2 Å². The van der Waals surface area contributed by atoms with Gasteiger partial charge in [0.25, 0.3) is 0 Å². The Morgan fingerprint density at radius 2 is 1.79 bits per heavy atom. The van der Waals surface area contributed by atoms with Gasteiger partial charge >= 0.3 is 0 Å². The molecule has 3 nitrogen and oxygen atoms in total. The lowest BCUT2D eigenvalue weighted by molar-refractivity contribution is 0.352. The molecule has 1 aromatic carbocycles. The molecule has 1 heterocycles. The van der Waals surface area contributed by atoms with Gasteiger partial charge in [-0.25, -0.2) is 0 Å². The van der Waals surface area contributed by atoms with Crippen LogP contribution in [0.5, 0.6) is 11.5 Å². The van der Waals surface area contributed by atoms with Gasteiger partial charge in [-0.3, -0.25) is 0 Å². The van der Waals surface area contributed by atoms with E-state index in [2.05, 4.69) is 6.92 Å². The second kappa shape index (κ2) is 3.50. The third-order valence-electron chi connectivity index (χ3n) is 2.45. The topological polar surface area (TPSA) is 31.0 Å². The fourth-order valence-corrected chi connectivity index (χ4v) is 1.57. The molecule has 0 radical (unpaired) electrons. The maximum absolute atomic E-state index is 5.38. The first-order valence-electron chi connectivity index (χ1n) is 4.63. The summed E-state index contributed by atoms with van der Waals surface area (Å²) in [6, 6.07) is 5.88. The average molecular weight is 194 g/mol. The van der Waals surface area contributed by atoms with Gasteiger partial charge in [-0.15, -0.1) is 0 Å². The van der Waals surface area contributed by atoms with Crippen molar-refractivity contribution in [2.24, 2.45) is 0 Å². The molecule has 0 N–H and O–H groups in total. The van der Waals surface area contributed by atoms with Crippen molar-refractivity contribution in [1.82, 2.24) is 0 Å². The number of hydrogen-bond acceptors (Lipinski definition) is 3. The minimum Gasteiger partial charge on any atom is -0.493 e. The standard InChI is InChI=1S/C11H14O3/c1-7-11(14-7)8-4-5-9(12-2)10(6-8)13-3/h4-7,11H,1-3H3. The summed E-state index contributed by atoms with van der Waals surface area (Å²) in [6.07, 6.45) is 0.558. The quantitative estimate of drug-likeness (QED) is 0.691. The fourth-order valence-electron chi connectivity index (χ4n) is 1.57. The molecule has 0 spiro atoms. The van der Waals surface area contributed by atoms with E-state index in [9.17, 15) is 0 Å². The highest BCUT2D eigenvalue weighted by molar-refractivity contribution is 5.44. The van der Waals surface area contributed by atoms with Crippen LogP contribution in [0.2, 0.25) is 0 Å². The summed E-state index contributed by atoms with van der Waals surface area (Å²) in [5.41, 5.74) is 1.15. The summed E-state index contributed by atoms with van der Waals surface area (Å²) in [5, 5.41) is 0. The van der Waals surface area contributed by atoms with Crippen molar-refractivity contribution >= 4 is 0 Å². The molecule has 76 valence electrons. The van der Waals surface area contributed by atoms with Gasteiger partial charge in [0, 0.05) is 0 Å². The zero-order chi connectivity index (χ0) is 10.1. The van der Waals surface area contributed by atoms with Gasteiger partial charge in [-0.2, -0.15) is 0 Å². The molecule has 0 saturated carbocycles. The Morgan fingerprint density at radius 1 is 1.14 bits per heavy atom. The maximum Gasteiger partial charge on any atom is 0.161 e. The Bertz CT molecular complexity index is 335. The molecular weight excluding hydrogens is 180 g/mol. The lowest BCUT2D eigenvalue weighted by Gasteiger charge is -2.08. The minimum absolute atomic E-state index is 0.231. The van der Waals surface area contributed by atoms with Gasteiger partial charge < -0.3 is 14.2 Å². The second-order valence-corrected chi connectivity index (χ2v) is 3.38. The number of hydrogen-bond donors (Lipinski definition) is 0. The van der Waals surface area contributed by atoms with E-state index in [0.29, 0.717) is 6.10 Å². The molecule has 14 heavy (non-hydrogen) atoms. The predicted molar refractivity (Wildman–Crippen MR) is 52.8 cm³/mol. The van der Waals surface area contributed by atoms with Gasteiger partial charge in [0.05, 0.1) is 20.3 Å². The number of benzene rings is 1. The molecule has 3 heteroatoms. The molecule has 0 aliphatic carbocycles. The molecule has 1 fully saturated rings. The van der Waals surface area contributed by atoms with Crippen LogP contribution in [0.4, 0.5) is 0 Å². The van der Waals surface area contributed by atoms with E-state index < -0.39 is 0 Å². The van der Waals surface area contributed by atoms with Crippen LogP contribution in [0.15, 0.2) is 18.2 Å². The normalized spacial score (nSPS) is 24.5. The van der Waals surface area contributed by atoms with Crippen LogP contribution in [0.1, 0.15) is 18.6 Å². The zero-order valence-corrected chi connectivity index (χ0v) is 8.61. The van der Waals surface area contributed by atoms with Crippen LogP contribution >= 0.6 is 0 Å². The first kappa shape index (κ1) is 9.34. The SMILES string of the molecule is COc1ccc(C2OC2C)cc1OC. The fraction of sp³-hybridized carbons (Fsp3) is 0.455. The van der Waals surface area contributed by atoms with Crippen molar-refractivity contribution in [2.45, 2.75) is 19.1 Å². The summed E-state index contributed by atoms with van der Waals surface area (Å²) < 4.78 is 15.7. The average Bonchev–Trinajstić information content (AvgIpc) is 2.94. The summed E-state index contributed by atoms with van der Waals surface area (Å²) in [6.45, 7) is 2.06. The van der Waals surface area contributed by atoms with Gasteiger partial charge in [0.2, 0.25) is 0 Å². The second-order valence-electron chi connectivity index (χ2n) is 3.38. The van der Waals surface area contributed by atoms with E-state index in [0.717, 1.165) is 17.1 Å². The molecule has 1 aliphatic rings. The molecule has 0 amide bonds. The van der Waals surface area contributed by atoms with E-state index in [1.165, 1.54) is 0 Å². The van der Waals surface area contributed by atoms with E-state index >= 15 is 0 Å². The molecule has 2 atom stereocenters. The van der Waals surface area contributed by atoms with Gasteiger partial charge in [0.1, 0.15) is 6.10 Å². The van der Waals surface area contributed by atoms with Crippen molar-refractivity contribution in [3.8, 4) is 11.5 Å². The predicted octanol–water partition coefficient (Wildman–Crippen LogP) is 2.16. The van der Waals surface area contributed by atoms with Crippen LogP contribution in [-0.4, -0.2) is 20.3 Å². The van der Waals surface area contributed by atoms with E-state index in [4.69, 9.17) is 14.2 Å². The van der Waals surface area contributed by atoms with Crippen LogP contribution in [-0.2, 0) is 4.74 Å². The molecule has 1 aromatic rings. The molecule has 2 rings (SSSR count). The largest absolute Gasteiger partial charge is 0.493 e. The van der Waals surface area contributed by atoms with E-state index in [1.807, 2.05) is 18.2 Å². The Balaban J connectivity index is 2.27. The van der Waals surface area contributed by atoms with Gasteiger partial charge in [-0.05, 0) is 24.6 Å². The van der Waals surface area contributed by atoms with Crippen LogP contribution in [0.3, 0.4) is 0 Å². The number of epoxide rings is 1. The minimum atomic E-state index is 0.231. The Morgan fingerprint density at radius 3 is 2.29 bits per heavy atom. The summed E-state index contributed by atoms with van der Waals surface area (Å²) in [7, 11) is 3.27. The number of rotatable bonds is 3. The molecular formula is C11H14O3. The Hall–Kier alpha value is -1.22. The van der Waals surface area contributed by atoms with Gasteiger partial charge in [-0.1, -0.05) is 6.07 Å². The first-order valence-corrected chi connectivity index (χ1v) is 4.63. The molecule has 0 aromatic heterocycles. The number of methoxy groups -OCH3 is 2. The Labute approximate surface area is 83.6 Å². The molecule has 1 aliphatic heterocycles. The smallest absolute Gasteiger partial charge is 0.161 e. The van der Waals surface area contributed by atoms with E-state index in [-0.39, 0.29) is 6.10 Å². The molecule has 1 saturated heterocycles. The summed E-state index contributed by atoms with van der Waals surface area (Å²) >= 11 is 0. The summed E-state index contributed by atoms with van der Waals surface area (Å²) in [5.74, 6) is 1.51. The number of ether oxygens (including phenoxy) is 3. The maximum atomic E-state index is 5.38. The highest BCUT2D eigenvalue weighted by Gasteiger charge is 2.36. The monoisotopic (exact) mass is 194 g/mol. The van der Waals surface area contributed by atoms with Crippen molar-refractivity contribution in [3.63, 3.8) is 0 Å². The zero-order valence-electron chi connectivity index (χ0n) is 8.61. The highest BCUT2D eigenvalue weighted by atomic mass is 16.6. The summed E-state index contributed by atoms with van der Waals surface area (Å²) in [4.78, 5) is 0. The van der Waals surface area contributed by atoms with Crippen molar-refractivity contribution in [1.29, 1.82) is 0 Å². The van der Waals surface area contributed by atoms with Crippen molar-refractivity contribution in [3.05, 3.63) is 23.8 Å². The van der Waals surface area contributed by atoms with Gasteiger partial charge in [0.15, 0.2) is 11.5 Å². The Kier molecular flexibility index (Phi) is 2.33. The lowest BCUT2D eigenvalue weighted by Crippen LogP contribution is -1.92. The molecule has 0 bridgehead atoms. The van der Waals surface area contributed by atoms with Crippen molar-refractivity contribution in [2.75, 3.05) is 14.2 Å². The van der Waals surface area contributed by atoms with Crippen LogP contribution < -0.4 is 9.47 Å². The molecule has 2 unspecified atom stereocenters. The third-order valence-corrected chi connectivity index (χ3v) is 2.45. The lowest BCUT2D eigenvalue weighted by atomic mass is 10.1. The highest BCUT2D eigenvalue weighted by Crippen LogP contribution is 2.41. The van der Waals surface area contributed by atoms with E-state index in [1.54, 1.807) is 14.2 Å². The van der Waals surface area contributed by atoms with Crippen LogP contribution in [0.25, 0.3) is 0 Å².